The molecule has 3 rings (SSSR count). The molecule has 0 radical (unpaired) electrons. The highest BCUT2D eigenvalue weighted by Gasteiger charge is 2.22. The third-order valence-corrected chi connectivity index (χ3v) is 3.37. The highest BCUT2D eigenvalue weighted by Crippen LogP contribution is 2.22. The van der Waals surface area contributed by atoms with Gasteiger partial charge in [0.2, 0.25) is 0 Å². The molecule has 1 aliphatic rings. The van der Waals surface area contributed by atoms with Gasteiger partial charge in [-0.25, -0.2) is 9.78 Å². The van der Waals surface area contributed by atoms with Gasteiger partial charge in [0.15, 0.2) is 0 Å². The van der Waals surface area contributed by atoms with Gasteiger partial charge in [0.05, 0.1) is 11.1 Å². The Hall–Kier alpha value is -2.36. The van der Waals surface area contributed by atoms with Crippen molar-refractivity contribution in [3.8, 4) is 0 Å². The number of aromatic carboxylic acids is 1. The second kappa shape index (κ2) is 4.09. The Bertz CT molecular complexity index is 779. The molecule has 19 heavy (non-hydrogen) atoms. The van der Waals surface area contributed by atoms with E-state index in [-0.39, 0.29) is 5.56 Å². The van der Waals surface area contributed by atoms with E-state index in [4.69, 9.17) is 5.11 Å². The Kier molecular flexibility index (Phi) is 2.52. The first-order valence-corrected chi connectivity index (χ1v) is 6.18. The number of rotatable bonds is 3. The van der Waals surface area contributed by atoms with E-state index in [9.17, 15) is 4.79 Å². The Labute approximate surface area is 110 Å². The van der Waals surface area contributed by atoms with Gasteiger partial charge in [0.25, 0.3) is 0 Å². The summed E-state index contributed by atoms with van der Waals surface area (Å²) < 4.78 is 0. The van der Waals surface area contributed by atoms with E-state index in [0.717, 1.165) is 28.7 Å². The van der Waals surface area contributed by atoms with Gasteiger partial charge in [-0.3, -0.25) is 0 Å². The average molecular weight is 254 g/mol. The Morgan fingerprint density at radius 1 is 1.32 bits per heavy atom. The van der Waals surface area contributed by atoms with Gasteiger partial charge in [-0.1, -0.05) is 19.2 Å². The highest BCUT2D eigenvalue weighted by atomic mass is 16.4. The molecule has 1 fully saturated rings. The lowest BCUT2D eigenvalue weighted by atomic mass is 10.1. The van der Waals surface area contributed by atoms with Gasteiger partial charge < -0.3 is 10.4 Å². The molecule has 0 aliphatic heterocycles. The Morgan fingerprint density at radius 2 is 2.05 bits per heavy atom. The van der Waals surface area contributed by atoms with Crippen LogP contribution in [0.4, 0.5) is 5.82 Å². The number of carbonyl (C=O) groups is 1. The normalized spacial score (nSPS) is 14.5. The van der Waals surface area contributed by atoms with Crippen molar-refractivity contribution in [2.75, 3.05) is 5.32 Å². The Morgan fingerprint density at radius 3 is 2.68 bits per heavy atom. The van der Waals surface area contributed by atoms with Gasteiger partial charge in [-0.2, -0.15) is 0 Å². The molecule has 1 saturated carbocycles. The van der Waals surface area contributed by atoms with Crippen molar-refractivity contribution in [1.29, 1.82) is 0 Å². The number of pyridine rings is 1. The van der Waals surface area contributed by atoms with Crippen molar-refractivity contribution >= 4 is 35.8 Å². The molecule has 1 heterocycles. The number of hydrogen-bond acceptors (Lipinski definition) is 3. The number of carboxylic acids is 1. The SMILES string of the molecule is C=c1c(NC2CC2)nc2cc(C(=O)O)ccc2c1=C. The van der Waals surface area contributed by atoms with Crippen molar-refractivity contribution in [3.63, 3.8) is 0 Å². The molecule has 2 aromatic rings. The fourth-order valence-corrected chi connectivity index (χ4v) is 2.05. The number of nitrogens with one attached hydrogen (secondary N) is 1. The number of anilines is 1. The van der Waals surface area contributed by atoms with Crippen molar-refractivity contribution in [1.82, 2.24) is 4.98 Å². The number of fused-ring (bicyclic) bond motifs is 1. The van der Waals surface area contributed by atoms with Gasteiger partial charge in [-0.15, -0.1) is 0 Å². The largest absolute Gasteiger partial charge is 0.478 e. The molecule has 0 unspecified atom stereocenters. The zero-order valence-corrected chi connectivity index (χ0v) is 10.4. The predicted molar refractivity (Wildman–Crippen MR) is 75.6 cm³/mol. The summed E-state index contributed by atoms with van der Waals surface area (Å²) in [4.78, 5) is 15.5. The minimum absolute atomic E-state index is 0.230. The molecule has 0 saturated heterocycles. The number of nitrogens with zero attached hydrogens (tertiary/aromatic N) is 1. The summed E-state index contributed by atoms with van der Waals surface area (Å²) in [5.41, 5.74) is 0.869. The minimum atomic E-state index is -0.954. The van der Waals surface area contributed by atoms with E-state index in [1.54, 1.807) is 18.2 Å². The molecule has 1 aromatic heterocycles. The topological polar surface area (TPSA) is 62.2 Å². The monoisotopic (exact) mass is 254 g/mol. The van der Waals surface area contributed by atoms with Crippen molar-refractivity contribution in [2.45, 2.75) is 18.9 Å². The fraction of sp³-hybridized carbons (Fsp3) is 0.200. The van der Waals surface area contributed by atoms with E-state index in [0.29, 0.717) is 17.4 Å². The van der Waals surface area contributed by atoms with Gasteiger partial charge in [0.1, 0.15) is 5.82 Å². The molecule has 2 N–H and O–H groups in total. The second-order valence-electron chi connectivity index (χ2n) is 4.87. The number of aromatic nitrogens is 1. The number of carboxylic acid groups (broad SMARTS) is 1. The van der Waals surface area contributed by atoms with Crippen molar-refractivity contribution < 1.29 is 9.90 Å². The first kappa shape index (κ1) is 11.7. The molecule has 0 amide bonds. The summed E-state index contributed by atoms with van der Waals surface area (Å²) in [6.07, 6.45) is 2.28. The molecule has 4 heteroatoms. The maximum atomic E-state index is 11.0. The quantitative estimate of drug-likeness (QED) is 0.867. The first-order chi connectivity index (χ1) is 9.06. The van der Waals surface area contributed by atoms with Crippen LogP contribution < -0.4 is 15.8 Å². The van der Waals surface area contributed by atoms with Crippen molar-refractivity contribution in [3.05, 3.63) is 34.2 Å². The van der Waals surface area contributed by atoms with Gasteiger partial charge in [-0.05, 0) is 30.2 Å². The summed E-state index contributed by atoms with van der Waals surface area (Å²) in [7, 11) is 0. The summed E-state index contributed by atoms with van der Waals surface area (Å²) in [5.74, 6) is -0.243. The molecular formula is C15H14N2O2. The lowest BCUT2D eigenvalue weighted by Gasteiger charge is -2.08. The fourth-order valence-electron chi connectivity index (χ4n) is 2.05. The van der Waals surface area contributed by atoms with Crippen LogP contribution in [0.25, 0.3) is 24.1 Å². The van der Waals surface area contributed by atoms with Crippen LogP contribution in [-0.4, -0.2) is 22.1 Å². The minimum Gasteiger partial charge on any atom is -0.478 e. The number of benzene rings is 1. The molecule has 0 bridgehead atoms. The molecular weight excluding hydrogens is 240 g/mol. The highest BCUT2D eigenvalue weighted by molar-refractivity contribution is 5.93. The maximum absolute atomic E-state index is 11.0. The van der Waals surface area contributed by atoms with Gasteiger partial charge >= 0.3 is 5.97 Å². The van der Waals surface area contributed by atoms with Crippen LogP contribution in [0.3, 0.4) is 0 Å². The Balaban J connectivity index is 2.23. The van der Waals surface area contributed by atoms with Crippen LogP contribution in [-0.2, 0) is 0 Å². The average Bonchev–Trinajstić information content (AvgIpc) is 3.19. The summed E-state index contributed by atoms with van der Waals surface area (Å²) in [6, 6.07) is 5.34. The van der Waals surface area contributed by atoms with E-state index in [2.05, 4.69) is 23.5 Å². The zero-order chi connectivity index (χ0) is 13.6. The molecule has 96 valence electrons. The lowest BCUT2D eigenvalue weighted by molar-refractivity contribution is 0.0697. The molecule has 1 aromatic carbocycles. The second-order valence-corrected chi connectivity index (χ2v) is 4.87. The van der Waals surface area contributed by atoms with Crippen LogP contribution in [0.15, 0.2) is 18.2 Å². The van der Waals surface area contributed by atoms with E-state index < -0.39 is 5.97 Å². The van der Waals surface area contributed by atoms with Crippen LogP contribution >= 0.6 is 0 Å². The van der Waals surface area contributed by atoms with Crippen LogP contribution in [0.2, 0.25) is 0 Å². The van der Waals surface area contributed by atoms with E-state index >= 15 is 0 Å². The third-order valence-electron chi connectivity index (χ3n) is 3.37. The molecule has 1 aliphatic carbocycles. The molecule has 4 nitrogen and oxygen atoms in total. The van der Waals surface area contributed by atoms with Crippen LogP contribution in [0.5, 0.6) is 0 Å². The zero-order valence-electron chi connectivity index (χ0n) is 10.4. The maximum Gasteiger partial charge on any atom is 0.335 e. The predicted octanol–water partition coefficient (Wildman–Crippen LogP) is 1.33. The lowest BCUT2D eigenvalue weighted by Crippen LogP contribution is -2.28. The summed E-state index contributed by atoms with van der Waals surface area (Å²) >= 11 is 0. The third kappa shape index (κ3) is 2.05. The van der Waals surface area contributed by atoms with E-state index in [1.165, 1.54) is 0 Å². The van der Waals surface area contributed by atoms with Gasteiger partial charge in [0, 0.05) is 16.6 Å². The van der Waals surface area contributed by atoms with Crippen molar-refractivity contribution in [2.24, 2.45) is 0 Å². The summed E-state index contributed by atoms with van der Waals surface area (Å²) in [5, 5.41) is 14.7. The smallest absolute Gasteiger partial charge is 0.335 e. The van der Waals surface area contributed by atoms with Crippen LogP contribution in [0.1, 0.15) is 23.2 Å². The standard InChI is InChI=1S/C15H14N2O2/c1-8-9(2)14(16-11-4-5-11)17-13-7-10(15(18)19)3-6-12(8)13/h3,6-7,11H,1-2,4-5H2,(H,16,17)(H,18,19). The number of hydrogen-bond donors (Lipinski definition) is 2. The molecule has 0 atom stereocenters. The summed E-state index contributed by atoms with van der Waals surface area (Å²) in [6.45, 7) is 8.03. The molecule has 0 spiro atoms. The van der Waals surface area contributed by atoms with E-state index in [1.807, 2.05) is 0 Å². The van der Waals surface area contributed by atoms with Crippen LogP contribution in [0, 0.1) is 0 Å². The first-order valence-electron chi connectivity index (χ1n) is 6.18.